The maximum absolute atomic E-state index is 11.9. The minimum Gasteiger partial charge on any atom is -0.481 e. The summed E-state index contributed by atoms with van der Waals surface area (Å²) in [6, 6.07) is -0.508. The van der Waals surface area contributed by atoms with Crippen LogP contribution in [0, 0.1) is 5.92 Å². The van der Waals surface area contributed by atoms with Crippen molar-refractivity contribution in [1.82, 2.24) is 10.6 Å². The van der Waals surface area contributed by atoms with Crippen LogP contribution in [-0.4, -0.2) is 35.6 Å². The number of aliphatic carboxylic acids is 1. The molecule has 1 aliphatic heterocycles. The molecule has 5 nitrogen and oxygen atoms in total. The van der Waals surface area contributed by atoms with Gasteiger partial charge in [-0.2, -0.15) is 0 Å². The molecule has 17 heavy (non-hydrogen) atoms. The highest BCUT2D eigenvalue weighted by atomic mass is 16.4. The zero-order chi connectivity index (χ0) is 12.8. The maximum Gasteiger partial charge on any atom is 0.308 e. The van der Waals surface area contributed by atoms with E-state index >= 15 is 0 Å². The van der Waals surface area contributed by atoms with Gasteiger partial charge in [0.2, 0.25) is 5.91 Å². The Balaban J connectivity index is 2.44. The van der Waals surface area contributed by atoms with Crippen LogP contribution < -0.4 is 10.6 Å². The number of amides is 1. The van der Waals surface area contributed by atoms with E-state index in [0.717, 1.165) is 32.2 Å². The van der Waals surface area contributed by atoms with E-state index < -0.39 is 11.9 Å². The van der Waals surface area contributed by atoms with E-state index in [0.29, 0.717) is 0 Å². The second-order valence-electron chi connectivity index (χ2n) is 4.78. The van der Waals surface area contributed by atoms with Crippen LogP contribution in [0.2, 0.25) is 0 Å². The molecule has 3 atom stereocenters. The molecule has 0 radical (unpaired) electrons. The van der Waals surface area contributed by atoms with E-state index in [1.165, 1.54) is 0 Å². The largest absolute Gasteiger partial charge is 0.481 e. The van der Waals surface area contributed by atoms with Crippen molar-refractivity contribution in [2.45, 2.75) is 51.6 Å². The Labute approximate surface area is 102 Å². The smallest absolute Gasteiger partial charge is 0.308 e. The molecular weight excluding hydrogens is 220 g/mol. The third-order valence-corrected chi connectivity index (χ3v) is 3.39. The van der Waals surface area contributed by atoms with Gasteiger partial charge in [-0.1, -0.05) is 12.8 Å². The first kappa shape index (κ1) is 14.0. The van der Waals surface area contributed by atoms with E-state index in [2.05, 4.69) is 10.6 Å². The molecule has 1 aliphatic rings. The van der Waals surface area contributed by atoms with Crippen LogP contribution in [0.3, 0.4) is 0 Å². The summed E-state index contributed by atoms with van der Waals surface area (Å²) in [5, 5.41) is 14.8. The molecule has 0 aliphatic carbocycles. The van der Waals surface area contributed by atoms with Gasteiger partial charge in [0, 0.05) is 6.04 Å². The summed E-state index contributed by atoms with van der Waals surface area (Å²) in [6.45, 7) is 4.20. The zero-order valence-electron chi connectivity index (χ0n) is 10.5. The lowest BCUT2D eigenvalue weighted by molar-refractivity contribution is -0.142. The first-order chi connectivity index (χ1) is 8.02. The van der Waals surface area contributed by atoms with E-state index in [-0.39, 0.29) is 18.0 Å². The van der Waals surface area contributed by atoms with Gasteiger partial charge in [0.25, 0.3) is 0 Å². The van der Waals surface area contributed by atoms with Crippen molar-refractivity contribution in [3.05, 3.63) is 0 Å². The number of carboxylic acids is 1. The van der Waals surface area contributed by atoms with E-state index in [1.807, 2.05) is 0 Å². The van der Waals surface area contributed by atoms with Crippen molar-refractivity contribution >= 4 is 11.9 Å². The summed E-state index contributed by atoms with van der Waals surface area (Å²) >= 11 is 0. The predicted octanol–water partition coefficient (Wildman–Crippen LogP) is 0.744. The van der Waals surface area contributed by atoms with Gasteiger partial charge < -0.3 is 15.7 Å². The van der Waals surface area contributed by atoms with E-state index in [1.54, 1.807) is 13.8 Å². The lowest BCUT2D eigenvalue weighted by Gasteiger charge is -2.22. The normalized spacial score (nSPS) is 24.5. The monoisotopic (exact) mass is 242 g/mol. The molecule has 0 aromatic heterocycles. The second-order valence-corrected chi connectivity index (χ2v) is 4.78. The SMILES string of the molecule is CC(NC(=O)C1CCCCCN1)C(C)C(=O)O. The van der Waals surface area contributed by atoms with Crippen LogP contribution in [0.4, 0.5) is 0 Å². The van der Waals surface area contributed by atoms with Crippen molar-refractivity contribution in [3.63, 3.8) is 0 Å². The minimum absolute atomic E-state index is 0.0764. The van der Waals surface area contributed by atoms with Gasteiger partial charge in [0.15, 0.2) is 0 Å². The molecule has 1 rings (SSSR count). The fraction of sp³-hybridized carbons (Fsp3) is 0.833. The Hall–Kier alpha value is -1.10. The molecule has 0 aromatic carbocycles. The molecule has 0 bridgehead atoms. The Bertz CT molecular complexity index is 273. The molecule has 1 amide bonds. The summed E-state index contributed by atoms with van der Waals surface area (Å²) in [4.78, 5) is 22.7. The number of carbonyl (C=O) groups is 2. The molecule has 1 saturated heterocycles. The number of hydrogen-bond acceptors (Lipinski definition) is 3. The van der Waals surface area contributed by atoms with Crippen molar-refractivity contribution in [2.75, 3.05) is 6.54 Å². The molecule has 5 heteroatoms. The lowest BCUT2D eigenvalue weighted by atomic mass is 10.0. The zero-order valence-corrected chi connectivity index (χ0v) is 10.5. The quantitative estimate of drug-likeness (QED) is 0.679. The van der Waals surface area contributed by atoms with Crippen LogP contribution in [0.1, 0.15) is 39.5 Å². The summed E-state index contributed by atoms with van der Waals surface area (Å²) in [5.41, 5.74) is 0. The fourth-order valence-electron chi connectivity index (χ4n) is 1.92. The molecule has 1 heterocycles. The highest BCUT2D eigenvalue weighted by Gasteiger charge is 2.25. The topological polar surface area (TPSA) is 78.4 Å². The molecule has 3 N–H and O–H groups in total. The Morgan fingerprint density at radius 3 is 2.65 bits per heavy atom. The van der Waals surface area contributed by atoms with Crippen molar-refractivity contribution in [2.24, 2.45) is 5.92 Å². The van der Waals surface area contributed by atoms with Crippen LogP contribution in [0.5, 0.6) is 0 Å². The summed E-state index contributed by atoms with van der Waals surface area (Å²) < 4.78 is 0. The number of carboxylic acid groups (broad SMARTS) is 1. The molecule has 98 valence electrons. The standard InChI is InChI=1S/C12H22N2O3/c1-8(12(16)17)9(2)14-11(15)10-6-4-3-5-7-13-10/h8-10,13H,3-7H2,1-2H3,(H,14,15)(H,16,17). The van der Waals surface area contributed by atoms with Gasteiger partial charge in [0.1, 0.15) is 0 Å². The Morgan fingerprint density at radius 2 is 2.00 bits per heavy atom. The highest BCUT2D eigenvalue weighted by Crippen LogP contribution is 2.09. The van der Waals surface area contributed by atoms with Crippen molar-refractivity contribution in [3.8, 4) is 0 Å². The molecule has 0 aromatic rings. The van der Waals surface area contributed by atoms with Gasteiger partial charge in [0.05, 0.1) is 12.0 Å². The predicted molar refractivity (Wildman–Crippen MR) is 64.7 cm³/mol. The Morgan fingerprint density at radius 1 is 1.29 bits per heavy atom. The highest BCUT2D eigenvalue weighted by molar-refractivity contribution is 5.82. The van der Waals surface area contributed by atoms with E-state index in [9.17, 15) is 9.59 Å². The molecular formula is C12H22N2O3. The summed E-state index contributed by atoms with van der Waals surface area (Å²) in [6.07, 6.45) is 4.14. The summed E-state index contributed by atoms with van der Waals surface area (Å²) in [5.74, 6) is -1.52. The van der Waals surface area contributed by atoms with Gasteiger partial charge in [-0.15, -0.1) is 0 Å². The number of hydrogen-bond donors (Lipinski definition) is 3. The minimum atomic E-state index is -0.883. The fourth-order valence-corrected chi connectivity index (χ4v) is 1.92. The van der Waals surface area contributed by atoms with Crippen LogP contribution in [-0.2, 0) is 9.59 Å². The van der Waals surface area contributed by atoms with Crippen LogP contribution in [0.15, 0.2) is 0 Å². The van der Waals surface area contributed by atoms with Crippen LogP contribution in [0.25, 0.3) is 0 Å². The van der Waals surface area contributed by atoms with E-state index in [4.69, 9.17) is 5.11 Å². The molecule has 3 unspecified atom stereocenters. The van der Waals surface area contributed by atoms with Crippen LogP contribution >= 0.6 is 0 Å². The van der Waals surface area contributed by atoms with Gasteiger partial charge in [-0.25, -0.2) is 0 Å². The average molecular weight is 242 g/mol. The first-order valence-electron chi connectivity index (χ1n) is 6.29. The lowest BCUT2D eigenvalue weighted by Crippen LogP contribution is -2.49. The van der Waals surface area contributed by atoms with Crippen molar-refractivity contribution < 1.29 is 14.7 Å². The third kappa shape index (κ3) is 4.34. The Kier molecular flexibility index (Phi) is 5.41. The summed E-state index contributed by atoms with van der Waals surface area (Å²) in [7, 11) is 0. The number of rotatable bonds is 4. The maximum atomic E-state index is 11.9. The van der Waals surface area contributed by atoms with Crippen molar-refractivity contribution in [1.29, 1.82) is 0 Å². The molecule has 1 fully saturated rings. The number of carbonyl (C=O) groups excluding carboxylic acids is 1. The second kappa shape index (κ2) is 6.59. The van der Waals surface area contributed by atoms with Gasteiger partial charge in [-0.3, -0.25) is 9.59 Å². The number of nitrogens with one attached hydrogen (secondary N) is 2. The van der Waals surface area contributed by atoms with Gasteiger partial charge >= 0.3 is 5.97 Å². The molecule has 0 spiro atoms. The molecule has 0 saturated carbocycles. The third-order valence-electron chi connectivity index (χ3n) is 3.39. The average Bonchev–Trinajstić information content (AvgIpc) is 2.56. The first-order valence-corrected chi connectivity index (χ1v) is 6.29. The van der Waals surface area contributed by atoms with Gasteiger partial charge in [-0.05, 0) is 33.2 Å².